The molecule has 0 aliphatic rings. The second-order valence-electron chi connectivity index (χ2n) is 4.32. The number of hydrogen-bond acceptors (Lipinski definition) is 3. The Morgan fingerprint density at radius 1 is 1.30 bits per heavy atom. The maximum atomic E-state index is 12.3. The molecule has 0 aliphatic heterocycles. The smallest absolute Gasteiger partial charge is 0.256 e. The second-order valence-corrected chi connectivity index (χ2v) is 4.73. The summed E-state index contributed by atoms with van der Waals surface area (Å²) in [5, 5.41) is 6.34. The molecule has 1 aromatic carbocycles. The first-order valence-electron chi connectivity index (χ1n) is 6.35. The molecular formula is C15H16ClN3O. The molecule has 0 radical (unpaired) electrons. The monoisotopic (exact) mass is 289 g/mol. The lowest BCUT2D eigenvalue weighted by Crippen LogP contribution is -2.17. The number of carbonyl (C=O) groups excluding carboxylic acids is 1. The van der Waals surface area contributed by atoms with Gasteiger partial charge >= 0.3 is 0 Å². The van der Waals surface area contributed by atoms with Crippen LogP contribution in [0.2, 0.25) is 5.02 Å². The Hall–Kier alpha value is -1.91. The quantitative estimate of drug-likeness (QED) is 0.890. The Morgan fingerprint density at radius 2 is 2.10 bits per heavy atom. The van der Waals surface area contributed by atoms with Crippen LogP contribution in [-0.4, -0.2) is 24.5 Å². The van der Waals surface area contributed by atoms with Crippen LogP contribution in [-0.2, 0) is 6.42 Å². The molecule has 0 unspecified atom stereocenters. The van der Waals surface area contributed by atoms with Crippen molar-refractivity contribution in [3.8, 4) is 0 Å². The van der Waals surface area contributed by atoms with E-state index in [1.165, 1.54) is 6.20 Å². The standard InChI is InChI=1S/C15H16ClN3O/c1-17-8-6-11-4-2-3-5-12(11)15(20)19-14-10-18-9-7-13(14)16/h2-5,7,9-10,17H,6,8H2,1H3,(H,19,20). The van der Waals surface area contributed by atoms with Crippen molar-refractivity contribution in [1.29, 1.82) is 0 Å². The summed E-state index contributed by atoms with van der Waals surface area (Å²) in [5.41, 5.74) is 2.17. The van der Waals surface area contributed by atoms with Crippen molar-refractivity contribution in [1.82, 2.24) is 10.3 Å². The van der Waals surface area contributed by atoms with Crippen molar-refractivity contribution in [3.05, 3.63) is 58.9 Å². The van der Waals surface area contributed by atoms with E-state index in [1.807, 2.05) is 31.3 Å². The number of rotatable bonds is 5. The van der Waals surface area contributed by atoms with Crippen LogP contribution in [0, 0.1) is 0 Å². The lowest BCUT2D eigenvalue weighted by Gasteiger charge is -2.10. The Labute approximate surface area is 123 Å². The van der Waals surface area contributed by atoms with E-state index in [1.54, 1.807) is 12.3 Å². The van der Waals surface area contributed by atoms with Gasteiger partial charge in [0.2, 0.25) is 0 Å². The van der Waals surface area contributed by atoms with Crippen molar-refractivity contribution >= 4 is 23.2 Å². The van der Waals surface area contributed by atoms with E-state index in [9.17, 15) is 4.79 Å². The van der Waals surface area contributed by atoms with Gasteiger partial charge in [-0.25, -0.2) is 0 Å². The average Bonchev–Trinajstić information content (AvgIpc) is 2.47. The van der Waals surface area contributed by atoms with Crippen LogP contribution in [0.1, 0.15) is 15.9 Å². The highest BCUT2D eigenvalue weighted by Crippen LogP contribution is 2.20. The molecule has 0 saturated heterocycles. The zero-order valence-electron chi connectivity index (χ0n) is 11.2. The normalized spacial score (nSPS) is 10.3. The van der Waals surface area contributed by atoms with Crippen LogP contribution in [0.4, 0.5) is 5.69 Å². The topological polar surface area (TPSA) is 54.0 Å². The molecule has 104 valence electrons. The lowest BCUT2D eigenvalue weighted by molar-refractivity contribution is 0.102. The summed E-state index contributed by atoms with van der Waals surface area (Å²) in [6.45, 7) is 0.817. The molecular weight excluding hydrogens is 274 g/mol. The minimum atomic E-state index is -0.174. The second kappa shape index (κ2) is 7.03. The number of aromatic nitrogens is 1. The van der Waals surface area contributed by atoms with Gasteiger partial charge in [-0.3, -0.25) is 9.78 Å². The van der Waals surface area contributed by atoms with Gasteiger partial charge in [0.25, 0.3) is 5.91 Å². The number of halogens is 1. The number of benzene rings is 1. The van der Waals surface area contributed by atoms with Gasteiger partial charge in [-0.1, -0.05) is 29.8 Å². The van der Waals surface area contributed by atoms with E-state index in [0.717, 1.165) is 18.5 Å². The van der Waals surface area contributed by atoms with Crippen LogP contribution in [0.15, 0.2) is 42.7 Å². The Kier molecular flexibility index (Phi) is 5.09. The molecule has 0 bridgehead atoms. The number of pyridine rings is 1. The molecule has 2 N–H and O–H groups in total. The van der Waals surface area contributed by atoms with Crippen molar-refractivity contribution in [3.63, 3.8) is 0 Å². The maximum absolute atomic E-state index is 12.3. The highest BCUT2D eigenvalue weighted by atomic mass is 35.5. The fraction of sp³-hybridized carbons (Fsp3) is 0.200. The van der Waals surface area contributed by atoms with Gasteiger partial charge < -0.3 is 10.6 Å². The molecule has 4 nitrogen and oxygen atoms in total. The van der Waals surface area contributed by atoms with Crippen LogP contribution in [0.3, 0.4) is 0 Å². The van der Waals surface area contributed by atoms with Gasteiger partial charge in [0.15, 0.2) is 0 Å². The summed E-state index contributed by atoms with van der Waals surface area (Å²) >= 11 is 6.01. The number of carbonyl (C=O) groups is 1. The Morgan fingerprint density at radius 3 is 2.85 bits per heavy atom. The third kappa shape index (κ3) is 3.56. The molecule has 1 amide bonds. The molecule has 0 aliphatic carbocycles. The van der Waals surface area contributed by atoms with Crippen molar-refractivity contribution in [2.24, 2.45) is 0 Å². The molecule has 0 atom stereocenters. The van der Waals surface area contributed by atoms with Gasteiger partial charge in [0, 0.05) is 11.8 Å². The van der Waals surface area contributed by atoms with Crippen LogP contribution < -0.4 is 10.6 Å². The number of amides is 1. The molecule has 2 rings (SSSR count). The molecule has 0 fully saturated rings. The first-order valence-corrected chi connectivity index (χ1v) is 6.73. The maximum Gasteiger partial charge on any atom is 0.256 e. The first-order chi connectivity index (χ1) is 9.72. The number of likely N-dealkylation sites (N-methyl/N-ethyl adjacent to an activating group) is 1. The highest BCUT2D eigenvalue weighted by molar-refractivity contribution is 6.33. The molecule has 1 heterocycles. The van der Waals surface area contributed by atoms with Gasteiger partial charge in [-0.05, 0) is 37.7 Å². The van der Waals surface area contributed by atoms with Gasteiger partial charge in [-0.2, -0.15) is 0 Å². The summed E-state index contributed by atoms with van der Waals surface area (Å²) in [4.78, 5) is 16.3. The largest absolute Gasteiger partial charge is 0.319 e. The lowest BCUT2D eigenvalue weighted by atomic mass is 10.0. The summed E-state index contributed by atoms with van der Waals surface area (Å²) in [5.74, 6) is -0.174. The summed E-state index contributed by atoms with van der Waals surface area (Å²) in [7, 11) is 1.89. The van der Waals surface area contributed by atoms with Crippen LogP contribution in [0.5, 0.6) is 0 Å². The van der Waals surface area contributed by atoms with Crippen molar-refractivity contribution in [2.45, 2.75) is 6.42 Å². The van der Waals surface area contributed by atoms with E-state index >= 15 is 0 Å². The Balaban J connectivity index is 2.19. The van der Waals surface area contributed by atoms with E-state index < -0.39 is 0 Å². The fourth-order valence-corrected chi connectivity index (χ4v) is 2.03. The number of hydrogen-bond donors (Lipinski definition) is 2. The molecule has 0 saturated carbocycles. The van der Waals surface area contributed by atoms with Crippen molar-refractivity contribution < 1.29 is 4.79 Å². The minimum Gasteiger partial charge on any atom is -0.319 e. The first kappa shape index (κ1) is 14.5. The zero-order chi connectivity index (χ0) is 14.4. The predicted octanol–water partition coefficient (Wildman–Crippen LogP) is 2.75. The highest BCUT2D eigenvalue weighted by Gasteiger charge is 2.12. The van der Waals surface area contributed by atoms with E-state index in [0.29, 0.717) is 16.3 Å². The van der Waals surface area contributed by atoms with E-state index in [2.05, 4.69) is 15.6 Å². The fourth-order valence-electron chi connectivity index (χ4n) is 1.88. The van der Waals surface area contributed by atoms with Crippen molar-refractivity contribution in [2.75, 3.05) is 18.9 Å². The number of anilines is 1. The van der Waals surface area contributed by atoms with Gasteiger partial charge in [-0.15, -0.1) is 0 Å². The average molecular weight is 290 g/mol. The molecule has 5 heteroatoms. The van der Waals surface area contributed by atoms with Gasteiger partial charge in [0.05, 0.1) is 16.9 Å². The van der Waals surface area contributed by atoms with E-state index in [4.69, 9.17) is 11.6 Å². The summed E-state index contributed by atoms with van der Waals surface area (Å²) in [6, 6.07) is 9.19. The number of nitrogens with one attached hydrogen (secondary N) is 2. The van der Waals surface area contributed by atoms with Gasteiger partial charge in [0.1, 0.15) is 0 Å². The third-order valence-corrected chi connectivity index (χ3v) is 3.25. The Bertz CT molecular complexity index is 601. The summed E-state index contributed by atoms with van der Waals surface area (Å²) in [6.07, 6.45) is 3.91. The van der Waals surface area contributed by atoms with E-state index in [-0.39, 0.29) is 5.91 Å². The molecule has 20 heavy (non-hydrogen) atoms. The van der Waals surface area contributed by atoms with Crippen LogP contribution >= 0.6 is 11.6 Å². The minimum absolute atomic E-state index is 0.174. The predicted molar refractivity (Wildman–Crippen MR) is 81.3 cm³/mol. The molecule has 2 aromatic rings. The third-order valence-electron chi connectivity index (χ3n) is 2.92. The SMILES string of the molecule is CNCCc1ccccc1C(=O)Nc1cnccc1Cl. The summed E-state index contributed by atoms with van der Waals surface area (Å²) < 4.78 is 0. The van der Waals surface area contributed by atoms with Crippen LogP contribution in [0.25, 0.3) is 0 Å². The number of nitrogens with zero attached hydrogens (tertiary/aromatic N) is 1. The molecule has 0 spiro atoms. The zero-order valence-corrected chi connectivity index (χ0v) is 11.9. The molecule has 1 aromatic heterocycles.